The number of nitrogens with two attached hydrogens (primary N) is 1. The molecule has 2 aromatic rings. The molecule has 0 aliphatic carbocycles. The lowest BCUT2D eigenvalue weighted by molar-refractivity contribution is 0.0997. The Bertz CT molecular complexity index is 679. The van der Waals surface area contributed by atoms with Gasteiger partial charge in [0, 0.05) is 13.1 Å². The predicted octanol–water partition coefficient (Wildman–Crippen LogP) is 3.38. The summed E-state index contributed by atoms with van der Waals surface area (Å²) in [5.41, 5.74) is 7.33. The summed E-state index contributed by atoms with van der Waals surface area (Å²) in [6, 6.07) is 15.2. The van der Waals surface area contributed by atoms with Crippen LogP contribution in [0.15, 0.2) is 48.5 Å². The molecule has 23 heavy (non-hydrogen) atoms. The standard InChI is InChI=1S/C19H21FN2O/c20-16-7-4-8-17(18(16)19(21)23)22-11-9-15(10-12-22)13-14-5-2-1-3-6-14/h1-8,15H,9-13H2,(H2,21,23). The minimum Gasteiger partial charge on any atom is -0.371 e. The summed E-state index contributed by atoms with van der Waals surface area (Å²) in [6.07, 6.45) is 3.13. The van der Waals surface area contributed by atoms with Gasteiger partial charge < -0.3 is 10.6 Å². The van der Waals surface area contributed by atoms with E-state index in [0.29, 0.717) is 11.6 Å². The van der Waals surface area contributed by atoms with Gasteiger partial charge in [-0.25, -0.2) is 4.39 Å². The highest BCUT2D eigenvalue weighted by molar-refractivity contribution is 5.99. The Morgan fingerprint density at radius 1 is 1.09 bits per heavy atom. The third-order valence-corrected chi connectivity index (χ3v) is 4.56. The lowest BCUT2D eigenvalue weighted by Crippen LogP contribution is -2.36. The minimum atomic E-state index is -0.704. The fourth-order valence-corrected chi connectivity index (χ4v) is 3.35. The Morgan fingerprint density at radius 3 is 2.43 bits per heavy atom. The van der Waals surface area contributed by atoms with E-state index in [9.17, 15) is 9.18 Å². The van der Waals surface area contributed by atoms with Gasteiger partial charge in [-0.1, -0.05) is 36.4 Å². The maximum Gasteiger partial charge on any atom is 0.253 e. The molecular formula is C19H21FN2O. The van der Waals surface area contributed by atoms with Gasteiger partial charge in [0.2, 0.25) is 0 Å². The molecule has 1 heterocycles. The normalized spacial score (nSPS) is 15.6. The van der Waals surface area contributed by atoms with Crippen LogP contribution in [0.4, 0.5) is 10.1 Å². The molecule has 1 saturated heterocycles. The zero-order valence-electron chi connectivity index (χ0n) is 13.0. The molecule has 2 aromatic carbocycles. The van der Waals surface area contributed by atoms with E-state index < -0.39 is 11.7 Å². The fraction of sp³-hybridized carbons (Fsp3) is 0.316. The lowest BCUT2D eigenvalue weighted by atomic mass is 9.89. The first-order chi connectivity index (χ1) is 11.1. The van der Waals surface area contributed by atoms with Gasteiger partial charge in [-0.15, -0.1) is 0 Å². The topological polar surface area (TPSA) is 46.3 Å². The van der Waals surface area contributed by atoms with Gasteiger partial charge in [-0.3, -0.25) is 4.79 Å². The number of rotatable bonds is 4. The summed E-state index contributed by atoms with van der Waals surface area (Å²) in [4.78, 5) is 13.6. The largest absolute Gasteiger partial charge is 0.371 e. The van der Waals surface area contributed by atoms with Gasteiger partial charge in [0.05, 0.1) is 11.3 Å². The number of primary amides is 1. The van der Waals surface area contributed by atoms with E-state index in [1.807, 2.05) is 6.07 Å². The van der Waals surface area contributed by atoms with Gasteiger partial charge in [-0.05, 0) is 42.9 Å². The van der Waals surface area contributed by atoms with Crippen molar-refractivity contribution >= 4 is 11.6 Å². The van der Waals surface area contributed by atoms with Crippen molar-refractivity contribution in [2.75, 3.05) is 18.0 Å². The van der Waals surface area contributed by atoms with Crippen LogP contribution in [0.5, 0.6) is 0 Å². The molecule has 0 radical (unpaired) electrons. The highest BCUT2D eigenvalue weighted by Crippen LogP contribution is 2.29. The number of anilines is 1. The van der Waals surface area contributed by atoms with Crippen LogP contribution in [0.25, 0.3) is 0 Å². The van der Waals surface area contributed by atoms with Crippen LogP contribution in [0.2, 0.25) is 0 Å². The molecule has 0 aromatic heterocycles. The summed E-state index contributed by atoms with van der Waals surface area (Å²) in [5, 5.41) is 0. The molecule has 0 bridgehead atoms. The van der Waals surface area contributed by atoms with Crippen LogP contribution in [-0.4, -0.2) is 19.0 Å². The Labute approximate surface area is 135 Å². The summed E-state index contributed by atoms with van der Waals surface area (Å²) in [6.45, 7) is 1.64. The van der Waals surface area contributed by atoms with E-state index in [4.69, 9.17) is 5.73 Å². The Morgan fingerprint density at radius 2 is 1.78 bits per heavy atom. The zero-order valence-corrected chi connectivity index (χ0v) is 13.0. The van der Waals surface area contributed by atoms with Crippen molar-refractivity contribution in [2.24, 2.45) is 11.7 Å². The lowest BCUT2D eigenvalue weighted by Gasteiger charge is -2.34. The molecule has 1 fully saturated rings. The molecule has 3 nitrogen and oxygen atoms in total. The average Bonchev–Trinajstić information content (AvgIpc) is 2.56. The second-order valence-corrected chi connectivity index (χ2v) is 6.12. The molecule has 0 atom stereocenters. The van der Waals surface area contributed by atoms with Gasteiger partial charge in [0.1, 0.15) is 5.82 Å². The van der Waals surface area contributed by atoms with E-state index in [0.717, 1.165) is 32.4 Å². The van der Waals surface area contributed by atoms with Crippen molar-refractivity contribution in [3.63, 3.8) is 0 Å². The fourth-order valence-electron chi connectivity index (χ4n) is 3.35. The number of benzene rings is 2. The van der Waals surface area contributed by atoms with Crippen LogP contribution >= 0.6 is 0 Å². The van der Waals surface area contributed by atoms with Crippen LogP contribution in [0.1, 0.15) is 28.8 Å². The van der Waals surface area contributed by atoms with Crippen LogP contribution in [0.3, 0.4) is 0 Å². The summed E-state index contributed by atoms with van der Waals surface area (Å²) in [7, 11) is 0. The third kappa shape index (κ3) is 3.52. The highest BCUT2D eigenvalue weighted by atomic mass is 19.1. The van der Waals surface area contributed by atoms with Crippen molar-refractivity contribution in [1.82, 2.24) is 0 Å². The molecule has 4 heteroatoms. The Kier molecular flexibility index (Phi) is 4.60. The van der Waals surface area contributed by atoms with E-state index >= 15 is 0 Å². The zero-order chi connectivity index (χ0) is 16.2. The maximum absolute atomic E-state index is 13.9. The molecular weight excluding hydrogens is 291 g/mol. The summed E-state index contributed by atoms with van der Waals surface area (Å²) >= 11 is 0. The quantitative estimate of drug-likeness (QED) is 0.940. The first-order valence-corrected chi connectivity index (χ1v) is 8.02. The van der Waals surface area contributed by atoms with E-state index in [1.165, 1.54) is 11.6 Å². The number of hydrogen-bond acceptors (Lipinski definition) is 2. The first-order valence-electron chi connectivity index (χ1n) is 8.02. The second-order valence-electron chi connectivity index (χ2n) is 6.12. The van der Waals surface area contributed by atoms with E-state index in [2.05, 4.69) is 29.2 Å². The first kappa shape index (κ1) is 15.5. The van der Waals surface area contributed by atoms with Gasteiger partial charge in [0.25, 0.3) is 5.91 Å². The third-order valence-electron chi connectivity index (χ3n) is 4.56. The molecule has 1 amide bonds. The monoisotopic (exact) mass is 312 g/mol. The average molecular weight is 312 g/mol. The number of nitrogens with zero attached hydrogens (tertiary/aromatic N) is 1. The predicted molar refractivity (Wildman–Crippen MR) is 90.0 cm³/mol. The molecule has 0 unspecified atom stereocenters. The van der Waals surface area contributed by atoms with Crippen molar-refractivity contribution < 1.29 is 9.18 Å². The maximum atomic E-state index is 13.9. The second kappa shape index (κ2) is 6.82. The molecule has 1 aliphatic heterocycles. The van der Waals surface area contributed by atoms with Gasteiger partial charge in [0.15, 0.2) is 0 Å². The number of carbonyl (C=O) groups excluding carboxylic acids is 1. The molecule has 3 rings (SSSR count). The molecule has 1 aliphatic rings. The summed E-state index contributed by atoms with van der Waals surface area (Å²) < 4.78 is 13.9. The smallest absolute Gasteiger partial charge is 0.253 e. The SMILES string of the molecule is NC(=O)c1c(F)cccc1N1CCC(Cc2ccccc2)CC1. The number of hydrogen-bond donors (Lipinski definition) is 1. The Hall–Kier alpha value is -2.36. The molecule has 0 spiro atoms. The van der Waals surface area contributed by atoms with Crippen molar-refractivity contribution in [3.8, 4) is 0 Å². The molecule has 2 N–H and O–H groups in total. The van der Waals surface area contributed by atoms with E-state index in [-0.39, 0.29) is 5.56 Å². The number of piperidine rings is 1. The minimum absolute atomic E-state index is 0.00834. The van der Waals surface area contributed by atoms with Gasteiger partial charge in [-0.2, -0.15) is 0 Å². The highest BCUT2D eigenvalue weighted by Gasteiger charge is 2.24. The van der Waals surface area contributed by atoms with Crippen LogP contribution in [0, 0.1) is 11.7 Å². The van der Waals surface area contributed by atoms with Crippen LogP contribution in [-0.2, 0) is 6.42 Å². The Balaban J connectivity index is 1.68. The van der Waals surface area contributed by atoms with Gasteiger partial charge >= 0.3 is 0 Å². The van der Waals surface area contributed by atoms with Crippen molar-refractivity contribution in [1.29, 1.82) is 0 Å². The van der Waals surface area contributed by atoms with Crippen molar-refractivity contribution in [3.05, 3.63) is 65.5 Å². The van der Waals surface area contributed by atoms with E-state index in [1.54, 1.807) is 12.1 Å². The summed E-state index contributed by atoms with van der Waals surface area (Å²) in [5.74, 6) is -0.620. The van der Waals surface area contributed by atoms with Crippen LogP contribution < -0.4 is 10.6 Å². The number of amides is 1. The molecule has 120 valence electrons. The van der Waals surface area contributed by atoms with Crippen molar-refractivity contribution in [2.45, 2.75) is 19.3 Å². The molecule has 0 saturated carbocycles. The number of halogens is 1. The number of carbonyl (C=O) groups is 1.